The Bertz CT molecular complexity index is 984. The lowest BCUT2D eigenvalue weighted by atomic mass is 10.1. The minimum atomic E-state index is 0.168. The Morgan fingerprint density at radius 3 is 2.86 bits per heavy atom. The van der Waals surface area contributed by atoms with Crippen molar-refractivity contribution in [1.29, 1.82) is 0 Å². The van der Waals surface area contributed by atoms with Crippen LogP contribution in [0.3, 0.4) is 0 Å². The summed E-state index contributed by atoms with van der Waals surface area (Å²) in [5.74, 6) is 0.423. The lowest BCUT2D eigenvalue weighted by Crippen LogP contribution is -2.04. The topological polar surface area (TPSA) is 95.7 Å². The molecule has 4 aromatic rings. The van der Waals surface area contributed by atoms with Crippen LogP contribution in [0.25, 0.3) is 33.4 Å². The summed E-state index contributed by atoms with van der Waals surface area (Å²) in [5.41, 5.74) is 9.98. The number of nitrogens with zero attached hydrogens (tertiary/aromatic N) is 5. The van der Waals surface area contributed by atoms with Gasteiger partial charge in [0.2, 0.25) is 0 Å². The lowest BCUT2D eigenvalue weighted by Gasteiger charge is -2.05. The van der Waals surface area contributed by atoms with E-state index in [9.17, 15) is 0 Å². The molecule has 4 rings (SSSR count). The Labute approximate surface area is 125 Å². The monoisotopic (exact) mass is 294 g/mol. The first-order valence-electron chi connectivity index (χ1n) is 6.97. The number of oxazole rings is 1. The van der Waals surface area contributed by atoms with Gasteiger partial charge in [0.15, 0.2) is 17.6 Å². The van der Waals surface area contributed by atoms with Crippen LogP contribution in [0.2, 0.25) is 0 Å². The van der Waals surface area contributed by atoms with E-state index in [1.54, 1.807) is 0 Å². The summed E-state index contributed by atoms with van der Waals surface area (Å²) in [7, 11) is 0. The molecule has 7 heteroatoms. The van der Waals surface area contributed by atoms with E-state index in [-0.39, 0.29) is 6.04 Å². The van der Waals surface area contributed by atoms with Gasteiger partial charge in [-0.2, -0.15) is 5.10 Å². The Hall–Kier alpha value is -2.96. The van der Waals surface area contributed by atoms with Gasteiger partial charge >= 0.3 is 0 Å². The van der Waals surface area contributed by atoms with Crippen LogP contribution in [0.5, 0.6) is 0 Å². The molecule has 3 heterocycles. The van der Waals surface area contributed by atoms with Gasteiger partial charge < -0.3 is 10.2 Å². The fourth-order valence-electron chi connectivity index (χ4n) is 2.56. The van der Waals surface area contributed by atoms with Crippen molar-refractivity contribution in [1.82, 2.24) is 24.7 Å². The van der Waals surface area contributed by atoms with E-state index in [2.05, 4.69) is 33.9 Å². The molecule has 0 radical (unpaired) electrons. The Morgan fingerprint density at radius 1 is 1.18 bits per heavy atom. The summed E-state index contributed by atoms with van der Waals surface area (Å²) in [6.45, 7) is 4.10. The van der Waals surface area contributed by atoms with Crippen LogP contribution in [0.4, 0.5) is 5.82 Å². The van der Waals surface area contributed by atoms with Crippen molar-refractivity contribution < 1.29 is 4.42 Å². The van der Waals surface area contributed by atoms with E-state index in [0.29, 0.717) is 5.82 Å². The van der Waals surface area contributed by atoms with Gasteiger partial charge in [0.1, 0.15) is 23.4 Å². The molecular formula is C15H14N6O. The molecule has 1 aromatic carbocycles. The summed E-state index contributed by atoms with van der Waals surface area (Å²) in [6, 6.07) is 5.91. The average molecular weight is 294 g/mol. The molecule has 22 heavy (non-hydrogen) atoms. The Kier molecular flexibility index (Phi) is 2.62. The number of rotatable bonds is 2. The van der Waals surface area contributed by atoms with Crippen molar-refractivity contribution in [3.8, 4) is 11.3 Å². The van der Waals surface area contributed by atoms with Gasteiger partial charge in [0, 0.05) is 11.6 Å². The highest BCUT2D eigenvalue weighted by Gasteiger charge is 2.18. The minimum absolute atomic E-state index is 0.168. The van der Waals surface area contributed by atoms with Crippen LogP contribution in [0.1, 0.15) is 19.9 Å². The highest BCUT2D eigenvalue weighted by atomic mass is 16.3. The molecule has 2 N–H and O–H groups in total. The average Bonchev–Trinajstić information content (AvgIpc) is 3.11. The van der Waals surface area contributed by atoms with Gasteiger partial charge in [0.05, 0.1) is 5.39 Å². The van der Waals surface area contributed by atoms with Crippen molar-refractivity contribution >= 4 is 28.0 Å². The molecular weight excluding hydrogens is 280 g/mol. The van der Waals surface area contributed by atoms with Crippen molar-refractivity contribution in [2.45, 2.75) is 19.9 Å². The SMILES string of the molecule is CC(C)n1nc(-c2ccc3ocnc3c2)c2c(N)ncnc21. The third-order valence-corrected chi connectivity index (χ3v) is 3.61. The van der Waals surface area contributed by atoms with Crippen molar-refractivity contribution in [2.75, 3.05) is 5.73 Å². The smallest absolute Gasteiger partial charge is 0.181 e. The molecule has 0 aliphatic heterocycles. The number of nitrogens with two attached hydrogens (primary N) is 1. The molecule has 0 fully saturated rings. The van der Waals surface area contributed by atoms with Crippen molar-refractivity contribution in [3.63, 3.8) is 0 Å². The molecule has 0 atom stereocenters. The quantitative estimate of drug-likeness (QED) is 0.610. The fraction of sp³-hybridized carbons (Fsp3) is 0.200. The zero-order valence-electron chi connectivity index (χ0n) is 12.2. The molecule has 7 nitrogen and oxygen atoms in total. The summed E-state index contributed by atoms with van der Waals surface area (Å²) in [5, 5.41) is 5.45. The highest BCUT2D eigenvalue weighted by molar-refractivity contribution is 5.99. The van der Waals surface area contributed by atoms with Crippen LogP contribution in [0.15, 0.2) is 35.3 Å². The molecule has 0 amide bonds. The number of anilines is 1. The van der Waals surface area contributed by atoms with Gasteiger partial charge in [-0.05, 0) is 32.0 Å². The molecule has 0 bridgehead atoms. The third kappa shape index (κ3) is 1.75. The number of aromatic nitrogens is 5. The van der Waals surface area contributed by atoms with Gasteiger partial charge in [0.25, 0.3) is 0 Å². The van der Waals surface area contributed by atoms with Crippen LogP contribution in [0, 0.1) is 0 Å². The first-order valence-corrected chi connectivity index (χ1v) is 6.97. The second-order valence-corrected chi connectivity index (χ2v) is 5.38. The Balaban J connectivity index is 2.05. The molecule has 3 aromatic heterocycles. The summed E-state index contributed by atoms with van der Waals surface area (Å²) >= 11 is 0. The van der Waals surface area contributed by atoms with E-state index in [1.165, 1.54) is 12.7 Å². The highest BCUT2D eigenvalue weighted by Crippen LogP contribution is 2.32. The van der Waals surface area contributed by atoms with Crippen LogP contribution in [-0.2, 0) is 0 Å². The first-order chi connectivity index (χ1) is 10.6. The van der Waals surface area contributed by atoms with Gasteiger partial charge in [-0.15, -0.1) is 0 Å². The fourth-order valence-corrected chi connectivity index (χ4v) is 2.56. The second-order valence-electron chi connectivity index (χ2n) is 5.38. The molecule has 0 spiro atoms. The zero-order chi connectivity index (χ0) is 15.3. The molecule has 0 aliphatic rings. The maximum absolute atomic E-state index is 6.06. The molecule has 0 saturated carbocycles. The second kappa shape index (κ2) is 4.52. The molecule has 0 unspecified atom stereocenters. The van der Waals surface area contributed by atoms with Gasteiger partial charge in [-0.3, -0.25) is 0 Å². The maximum atomic E-state index is 6.06. The minimum Gasteiger partial charge on any atom is -0.443 e. The van der Waals surface area contributed by atoms with Gasteiger partial charge in [-0.1, -0.05) is 0 Å². The van der Waals surface area contributed by atoms with Crippen molar-refractivity contribution in [3.05, 3.63) is 30.9 Å². The van der Waals surface area contributed by atoms with E-state index in [0.717, 1.165) is 33.4 Å². The van der Waals surface area contributed by atoms with Gasteiger partial charge in [-0.25, -0.2) is 19.6 Å². The van der Waals surface area contributed by atoms with Crippen LogP contribution in [-0.4, -0.2) is 24.7 Å². The van der Waals surface area contributed by atoms with Crippen molar-refractivity contribution in [2.24, 2.45) is 0 Å². The lowest BCUT2D eigenvalue weighted by molar-refractivity contribution is 0.548. The summed E-state index contributed by atoms with van der Waals surface area (Å²) in [4.78, 5) is 12.6. The van der Waals surface area contributed by atoms with Crippen LogP contribution >= 0.6 is 0 Å². The van der Waals surface area contributed by atoms with E-state index in [4.69, 9.17) is 10.2 Å². The molecule has 0 aliphatic carbocycles. The molecule has 110 valence electrons. The largest absolute Gasteiger partial charge is 0.443 e. The first kappa shape index (κ1) is 12.8. The van der Waals surface area contributed by atoms with Crippen LogP contribution < -0.4 is 5.73 Å². The predicted molar refractivity (Wildman–Crippen MR) is 83.1 cm³/mol. The number of hydrogen-bond donors (Lipinski definition) is 1. The summed E-state index contributed by atoms with van der Waals surface area (Å²) < 4.78 is 7.13. The van der Waals surface area contributed by atoms with E-state index >= 15 is 0 Å². The predicted octanol–water partition coefficient (Wildman–Crippen LogP) is 2.80. The maximum Gasteiger partial charge on any atom is 0.181 e. The number of nitrogen functional groups attached to an aromatic ring is 1. The number of benzene rings is 1. The van der Waals surface area contributed by atoms with E-state index in [1.807, 2.05) is 22.9 Å². The third-order valence-electron chi connectivity index (χ3n) is 3.61. The number of hydrogen-bond acceptors (Lipinski definition) is 6. The van der Waals surface area contributed by atoms with E-state index < -0.39 is 0 Å². The normalized spacial score (nSPS) is 11.8. The Morgan fingerprint density at radius 2 is 2.05 bits per heavy atom. The zero-order valence-corrected chi connectivity index (χ0v) is 12.2. The summed E-state index contributed by atoms with van der Waals surface area (Å²) in [6.07, 6.45) is 2.89. The standard InChI is InChI=1S/C15H14N6O/c1-8(2)21-15-12(14(16)17-6-18-15)13(20-21)9-3-4-11-10(5-9)19-7-22-11/h3-8H,1-2H3,(H2,16,17,18). The number of fused-ring (bicyclic) bond motifs is 2. The molecule has 0 saturated heterocycles.